The molecule has 23 heavy (non-hydrogen) atoms. The van der Waals surface area contributed by atoms with Crippen molar-refractivity contribution in [1.29, 1.82) is 0 Å². The number of hydrogen-bond donors (Lipinski definition) is 1. The van der Waals surface area contributed by atoms with Crippen LogP contribution in [0.15, 0.2) is 17.8 Å². The minimum atomic E-state index is -0.152. The van der Waals surface area contributed by atoms with Crippen molar-refractivity contribution in [2.75, 3.05) is 0 Å². The first-order chi connectivity index (χ1) is 11.0. The lowest BCUT2D eigenvalue weighted by molar-refractivity contribution is 0.0943. The van der Waals surface area contributed by atoms with Gasteiger partial charge in [-0.2, -0.15) is 9.78 Å². The minimum absolute atomic E-state index is 0.139. The lowest BCUT2D eigenvalue weighted by Gasteiger charge is -2.15. The molecule has 0 bridgehead atoms. The average molecular weight is 331 g/mol. The molecular formula is C14H17N7OS. The Morgan fingerprint density at radius 2 is 2.17 bits per heavy atom. The molecule has 1 N–H and O–H groups in total. The van der Waals surface area contributed by atoms with Gasteiger partial charge in [-0.05, 0) is 42.6 Å². The van der Waals surface area contributed by atoms with Crippen LogP contribution in [0.2, 0.25) is 0 Å². The largest absolute Gasteiger partial charge is 0.345 e. The van der Waals surface area contributed by atoms with Crippen molar-refractivity contribution in [2.24, 2.45) is 7.05 Å². The van der Waals surface area contributed by atoms with Crippen molar-refractivity contribution in [3.8, 4) is 5.69 Å². The summed E-state index contributed by atoms with van der Waals surface area (Å²) in [7, 11) is 1.90. The molecule has 3 aromatic rings. The number of nitrogens with one attached hydrogen (secondary N) is 1. The summed E-state index contributed by atoms with van der Waals surface area (Å²) in [5.74, 6) is -0.152. The molecule has 120 valence electrons. The third-order valence-corrected chi connectivity index (χ3v) is 4.69. The van der Waals surface area contributed by atoms with E-state index in [1.165, 1.54) is 22.3 Å². The fourth-order valence-corrected chi connectivity index (χ4v) is 3.46. The molecule has 3 rings (SSSR count). The van der Waals surface area contributed by atoms with Crippen LogP contribution in [0.25, 0.3) is 5.69 Å². The zero-order chi connectivity index (χ0) is 16.6. The second-order valence-corrected chi connectivity index (χ2v) is 6.21. The number of carbonyl (C=O) groups excluding carboxylic acids is 1. The van der Waals surface area contributed by atoms with Crippen LogP contribution in [0.4, 0.5) is 0 Å². The molecule has 1 amide bonds. The molecule has 0 aromatic carbocycles. The number of aromatic nitrogens is 6. The number of carbonyl (C=O) groups is 1. The highest BCUT2D eigenvalue weighted by atomic mass is 32.1. The van der Waals surface area contributed by atoms with E-state index in [0.717, 1.165) is 17.0 Å². The molecule has 0 saturated heterocycles. The molecule has 1 atom stereocenters. The number of aryl methyl sites for hydroxylation is 2. The van der Waals surface area contributed by atoms with Crippen molar-refractivity contribution in [2.45, 2.75) is 26.8 Å². The minimum Gasteiger partial charge on any atom is -0.345 e. The van der Waals surface area contributed by atoms with Crippen molar-refractivity contribution >= 4 is 17.2 Å². The van der Waals surface area contributed by atoms with Crippen molar-refractivity contribution in [1.82, 2.24) is 35.3 Å². The van der Waals surface area contributed by atoms with Gasteiger partial charge in [0, 0.05) is 18.3 Å². The van der Waals surface area contributed by atoms with E-state index >= 15 is 0 Å². The fourth-order valence-electron chi connectivity index (χ4n) is 2.68. The van der Waals surface area contributed by atoms with Gasteiger partial charge < -0.3 is 5.32 Å². The summed E-state index contributed by atoms with van der Waals surface area (Å²) in [6, 6.07) is 1.68. The van der Waals surface area contributed by atoms with Gasteiger partial charge in [0.25, 0.3) is 5.91 Å². The number of thiophene rings is 1. The van der Waals surface area contributed by atoms with E-state index in [9.17, 15) is 4.79 Å². The van der Waals surface area contributed by atoms with Gasteiger partial charge in [0.15, 0.2) is 0 Å². The molecule has 0 fully saturated rings. The molecule has 0 spiro atoms. The smallest absolute Gasteiger partial charge is 0.264 e. The Kier molecular flexibility index (Phi) is 3.95. The SMILES string of the molecule is Cc1nn(C)c(C)c1C(C)NC(=O)c1sccc1-n1cnnn1. The predicted molar refractivity (Wildman–Crippen MR) is 85.6 cm³/mol. The van der Waals surface area contributed by atoms with Gasteiger partial charge in [0.1, 0.15) is 11.2 Å². The molecular weight excluding hydrogens is 314 g/mol. The molecule has 0 aliphatic rings. The Bertz CT molecular complexity index is 834. The molecule has 0 aliphatic heterocycles. The van der Waals surface area contributed by atoms with Crippen LogP contribution < -0.4 is 5.32 Å². The van der Waals surface area contributed by atoms with E-state index in [4.69, 9.17) is 0 Å². The third kappa shape index (κ3) is 2.74. The van der Waals surface area contributed by atoms with E-state index in [-0.39, 0.29) is 11.9 Å². The van der Waals surface area contributed by atoms with Gasteiger partial charge in [-0.1, -0.05) is 0 Å². The number of hydrogen-bond acceptors (Lipinski definition) is 6. The molecule has 0 saturated carbocycles. The van der Waals surface area contributed by atoms with Gasteiger partial charge in [0.2, 0.25) is 0 Å². The van der Waals surface area contributed by atoms with Crippen molar-refractivity contribution in [3.63, 3.8) is 0 Å². The second kappa shape index (κ2) is 5.92. The molecule has 3 heterocycles. The quantitative estimate of drug-likeness (QED) is 0.783. The average Bonchev–Trinajstić information content (AvgIpc) is 3.20. The summed E-state index contributed by atoms with van der Waals surface area (Å²) >= 11 is 1.36. The van der Waals surface area contributed by atoms with Crippen LogP contribution >= 0.6 is 11.3 Å². The highest BCUT2D eigenvalue weighted by Crippen LogP contribution is 2.24. The zero-order valence-corrected chi connectivity index (χ0v) is 14.1. The van der Waals surface area contributed by atoms with Crippen LogP contribution in [0.1, 0.15) is 39.6 Å². The molecule has 8 nitrogen and oxygen atoms in total. The van der Waals surface area contributed by atoms with E-state index in [1.807, 2.05) is 43.9 Å². The van der Waals surface area contributed by atoms with Crippen LogP contribution in [0, 0.1) is 13.8 Å². The summed E-state index contributed by atoms with van der Waals surface area (Å²) in [4.78, 5) is 13.2. The normalized spacial score (nSPS) is 12.3. The van der Waals surface area contributed by atoms with Crippen LogP contribution in [0.5, 0.6) is 0 Å². The first-order valence-corrected chi connectivity index (χ1v) is 7.98. The molecule has 3 aromatic heterocycles. The maximum absolute atomic E-state index is 12.6. The van der Waals surface area contributed by atoms with Crippen molar-refractivity contribution < 1.29 is 4.79 Å². The Morgan fingerprint density at radius 3 is 2.78 bits per heavy atom. The summed E-state index contributed by atoms with van der Waals surface area (Å²) in [6.07, 6.45) is 1.47. The molecule has 0 radical (unpaired) electrons. The Morgan fingerprint density at radius 1 is 1.39 bits per heavy atom. The number of tetrazole rings is 1. The maximum atomic E-state index is 12.6. The predicted octanol–water partition coefficient (Wildman–Crippen LogP) is 1.57. The Balaban J connectivity index is 1.84. The van der Waals surface area contributed by atoms with Gasteiger partial charge in [-0.25, -0.2) is 0 Å². The Labute approximate surface area is 137 Å². The molecule has 9 heteroatoms. The van der Waals surface area contributed by atoms with Crippen molar-refractivity contribution in [3.05, 3.63) is 39.6 Å². The first-order valence-electron chi connectivity index (χ1n) is 7.11. The van der Waals surface area contributed by atoms with E-state index in [2.05, 4.69) is 25.9 Å². The van der Waals surface area contributed by atoms with Gasteiger partial charge >= 0.3 is 0 Å². The van der Waals surface area contributed by atoms with Crippen LogP contribution in [-0.4, -0.2) is 35.9 Å². The molecule has 1 unspecified atom stereocenters. The van der Waals surface area contributed by atoms with Gasteiger partial charge in [-0.3, -0.25) is 9.48 Å². The number of nitrogens with zero attached hydrogens (tertiary/aromatic N) is 6. The van der Waals surface area contributed by atoms with E-state index in [1.54, 1.807) is 0 Å². The summed E-state index contributed by atoms with van der Waals surface area (Å²) < 4.78 is 3.31. The lowest BCUT2D eigenvalue weighted by Crippen LogP contribution is -2.27. The first kappa shape index (κ1) is 15.3. The summed E-state index contributed by atoms with van der Waals surface area (Å²) in [6.45, 7) is 5.90. The molecule has 0 aliphatic carbocycles. The number of rotatable bonds is 4. The highest BCUT2D eigenvalue weighted by Gasteiger charge is 2.21. The Hall–Kier alpha value is -2.55. The fraction of sp³-hybridized carbons (Fsp3) is 0.357. The maximum Gasteiger partial charge on any atom is 0.264 e. The zero-order valence-electron chi connectivity index (χ0n) is 13.3. The standard InChI is InChI=1S/C14H17N7OS/c1-8(12-9(2)17-20(4)10(12)3)16-14(22)13-11(5-6-23-13)21-7-15-18-19-21/h5-8H,1-4H3,(H,16,22). The summed E-state index contributed by atoms with van der Waals surface area (Å²) in [5.41, 5.74) is 3.68. The summed E-state index contributed by atoms with van der Waals surface area (Å²) in [5, 5.41) is 20.3. The monoisotopic (exact) mass is 331 g/mol. The van der Waals surface area contributed by atoms with Crippen LogP contribution in [-0.2, 0) is 7.05 Å². The van der Waals surface area contributed by atoms with Gasteiger partial charge in [-0.15, -0.1) is 16.4 Å². The third-order valence-electron chi connectivity index (χ3n) is 3.79. The van der Waals surface area contributed by atoms with Gasteiger partial charge in [0.05, 0.1) is 17.4 Å². The van der Waals surface area contributed by atoms with E-state index < -0.39 is 0 Å². The lowest BCUT2D eigenvalue weighted by atomic mass is 10.1. The highest BCUT2D eigenvalue weighted by molar-refractivity contribution is 7.12. The number of amides is 1. The van der Waals surface area contributed by atoms with Crippen LogP contribution in [0.3, 0.4) is 0 Å². The topological polar surface area (TPSA) is 90.5 Å². The van der Waals surface area contributed by atoms with E-state index in [0.29, 0.717) is 10.6 Å². The second-order valence-electron chi connectivity index (χ2n) is 5.29.